The van der Waals surface area contributed by atoms with Gasteiger partial charge in [-0.3, -0.25) is 0 Å². The molecule has 0 bridgehead atoms. The second-order valence-electron chi connectivity index (χ2n) is 6.64. The first kappa shape index (κ1) is 25.7. The maximum absolute atomic E-state index is 12.3. The first-order valence-electron chi connectivity index (χ1n) is 8.36. The van der Waals surface area contributed by atoms with Crippen LogP contribution in [-0.4, -0.2) is 12.6 Å². The van der Waals surface area contributed by atoms with Crippen LogP contribution in [0.4, 0.5) is 0 Å². The van der Waals surface area contributed by atoms with E-state index in [1.807, 2.05) is 0 Å². The number of amides is 1. The fourth-order valence-corrected chi connectivity index (χ4v) is 13.7. The first-order chi connectivity index (χ1) is 9.81. The van der Waals surface area contributed by atoms with Crippen LogP contribution in [0.3, 0.4) is 0 Å². The van der Waals surface area contributed by atoms with Crippen LogP contribution in [0.25, 0.3) is 0 Å². The smallest absolute Gasteiger partial charge is 1.00 e. The molecule has 1 atom stereocenters. The van der Waals surface area contributed by atoms with Crippen molar-refractivity contribution in [1.82, 2.24) is 3.80 Å². The minimum Gasteiger partial charge on any atom is -1.00 e. The van der Waals surface area contributed by atoms with Crippen LogP contribution in [-0.2, 0) is 22.2 Å². The summed E-state index contributed by atoms with van der Waals surface area (Å²) < 4.78 is 5.17. The van der Waals surface area contributed by atoms with E-state index in [0.717, 1.165) is 12.8 Å². The van der Waals surface area contributed by atoms with E-state index < -0.39 is 24.0 Å². The van der Waals surface area contributed by atoms with Crippen molar-refractivity contribution in [1.29, 1.82) is 0 Å². The van der Waals surface area contributed by atoms with E-state index >= 15 is 0 Å². The molecular weight excluding hydrogens is 381 g/mol. The van der Waals surface area contributed by atoms with Gasteiger partial charge in [0, 0.05) is 0 Å². The molecule has 0 aromatic heterocycles. The van der Waals surface area contributed by atoms with Crippen LogP contribution in [0, 0.1) is 5.92 Å². The molecule has 0 aliphatic heterocycles. The van der Waals surface area contributed by atoms with Crippen molar-refractivity contribution in [3.63, 3.8) is 0 Å². The van der Waals surface area contributed by atoms with E-state index in [1.54, 1.807) is 3.88 Å². The van der Waals surface area contributed by atoms with E-state index in [4.69, 9.17) is 0 Å². The van der Waals surface area contributed by atoms with Crippen LogP contribution < -0.4 is 28.6 Å². The Balaban J connectivity index is 0. The zero-order chi connectivity index (χ0) is 16.2. The molecule has 0 aromatic carbocycles. The predicted molar refractivity (Wildman–Crippen MR) is 91.4 cm³/mol. The third kappa shape index (κ3) is 6.70. The summed E-state index contributed by atoms with van der Waals surface area (Å²) >= 11 is -1.60. The number of unbranched alkanes of at least 4 members (excludes halogenated alkanes) is 2. The number of carbonyl (C=O) groups excluding carboxylic acids is 1. The van der Waals surface area contributed by atoms with Gasteiger partial charge in [0.2, 0.25) is 0 Å². The Kier molecular flexibility index (Phi) is 13.3. The molecule has 1 aliphatic rings. The summed E-state index contributed by atoms with van der Waals surface area (Å²) in [4.78, 5) is 12.3. The summed E-state index contributed by atoms with van der Waals surface area (Å²) in [6, 6.07) is 0. The van der Waals surface area contributed by atoms with E-state index in [1.165, 1.54) is 29.6 Å². The van der Waals surface area contributed by atoms with Gasteiger partial charge in [-0.2, -0.15) is 0 Å². The van der Waals surface area contributed by atoms with Crippen molar-refractivity contribution in [2.75, 3.05) is 0 Å². The summed E-state index contributed by atoms with van der Waals surface area (Å²) in [5.74, 6) is 0.875. The van der Waals surface area contributed by atoms with Crippen LogP contribution in [0.2, 0.25) is 13.1 Å². The molecule has 1 aliphatic carbocycles. The molecule has 2 nitrogen and oxygen atoms in total. The second-order valence-corrected chi connectivity index (χ2v) is 19.3. The van der Waals surface area contributed by atoms with Gasteiger partial charge in [-0.25, -0.2) is 0 Å². The molecule has 0 saturated heterocycles. The normalized spacial score (nSPS) is 17.1. The SMILES string of the molecule is CCCCCC(=O)[NH][Ti+2]([C]1=C(C)C(C)=C(C)C1C)[SiH](C)C.[Cl-].[Cl-]. The van der Waals surface area contributed by atoms with Crippen molar-refractivity contribution in [3.8, 4) is 0 Å². The van der Waals surface area contributed by atoms with Crippen molar-refractivity contribution in [2.24, 2.45) is 5.92 Å². The maximum atomic E-state index is 12.3. The molecular formula is C17H32Cl2NOSiTi. The fourth-order valence-electron chi connectivity index (χ4n) is 3.07. The third-order valence-electron chi connectivity index (χ3n) is 4.79. The number of allylic oxidation sites excluding steroid dienone is 4. The van der Waals surface area contributed by atoms with E-state index in [-0.39, 0.29) is 24.8 Å². The van der Waals surface area contributed by atoms with Gasteiger partial charge in [0.1, 0.15) is 0 Å². The minimum absolute atomic E-state index is 0. The summed E-state index contributed by atoms with van der Waals surface area (Å²) in [7, 11) is 0. The van der Waals surface area contributed by atoms with E-state index in [9.17, 15) is 4.79 Å². The van der Waals surface area contributed by atoms with Crippen molar-refractivity contribution in [3.05, 3.63) is 20.6 Å². The third-order valence-corrected chi connectivity index (χ3v) is 16.3. The molecule has 1 N–H and O–H groups in total. The van der Waals surface area contributed by atoms with Crippen LogP contribution in [0.15, 0.2) is 20.6 Å². The minimum atomic E-state index is -1.60. The van der Waals surface area contributed by atoms with Crippen molar-refractivity contribution >= 4 is 12.6 Å². The van der Waals surface area contributed by atoms with Gasteiger partial charge in [-0.05, 0) is 0 Å². The number of rotatable bonds is 7. The standard InChI is InChI=1S/C9H13.C6H13NO.C2H7Si.2ClH.Ti/c1-6-5-7(2)9(4)8(6)3;1-2-3-4-5-6(7)8;1-3-2;;;/h6H,1-4H3;2-5H2,1H3,(H2,7,8);3H,1-2H3;2*1H;/q;;;;;+3/p-3. The number of carbonyl (C=O) groups is 1. The van der Waals surface area contributed by atoms with Crippen LogP contribution in [0.1, 0.15) is 60.3 Å². The predicted octanol–water partition coefficient (Wildman–Crippen LogP) is -1.53. The molecule has 6 heteroatoms. The van der Waals surface area contributed by atoms with Gasteiger partial charge in [0.15, 0.2) is 0 Å². The largest absolute Gasteiger partial charge is 1.00 e. The van der Waals surface area contributed by atoms with Gasteiger partial charge < -0.3 is 24.8 Å². The number of hydrogen-bond acceptors (Lipinski definition) is 1. The second kappa shape index (κ2) is 11.9. The molecule has 23 heavy (non-hydrogen) atoms. The Bertz CT molecular complexity index is 464. The van der Waals surface area contributed by atoms with E-state index in [0.29, 0.717) is 11.8 Å². The molecule has 0 heterocycles. The first-order valence-corrected chi connectivity index (χ1v) is 15.5. The average Bonchev–Trinajstić information content (AvgIpc) is 2.61. The molecule has 0 fully saturated rings. The molecule has 133 valence electrons. The number of nitrogens with one attached hydrogen (secondary N) is 1. The Morgan fingerprint density at radius 3 is 2.09 bits per heavy atom. The van der Waals surface area contributed by atoms with E-state index in [2.05, 4.69) is 51.5 Å². The Morgan fingerprint density at radius 1 is 1.13 bits per heavy atom. The van der Waals surface area contributed by atoms with Gasteiger partial charge in [0.25, 0.3) is 0 Å². The van der Waals surface area contributed by atoms with Gasteiger partial charge >= 0.3 is 138 Å². The van der Waals surface area contributed by atoms with Gasteiger partial charge in [-0.1, -0.05) is 0 Å². The van der Waals surface area contributed by atoms with Crippen LogP contribution in [0.5, 0.6) is 0 Å². The molecule has 1 unspecified atom stereocenters. The summed E-state index contributed by atoms with van der Waals surface area (Å²) in [5, 5.41) is 0. The quantitative estimate of drug-likeness (QED) is 0.398. The Labute approximate surface area is 162 Å². The summed E-state index contributed by atoms with van der Waals surface area (Å²) in [6.45, 7) is 15.3. The Hall–Kier alpha value is 0.461. The zero-order valence-corrected chi connectivity index (χ0v) is 19.9. The molecule has 1 amide bonds. The van der Waals surface area contributed by atoms with Crippen LogP contribution >= 0.6 is 0 Å². The summed E-state index contributed by atoms with van der Waals surface area (Å²) in [5.41, 5.74) is 4.48. The summed E-state index contributed by atoms with van der Waals surface area (Å²) in [6.07, 6.45) is 4.10. The maximum Gasteiger partial charge on any atom is -1.00 e. The number of halogens is 2. The molecule has 0 radical (unpaired) electrons. The zero-order valence-electron chi connectivity index (χ0n) is 15.6. The monoisotopic (exact) mass is 412 g/mol. The van der Waals surface area contributed by atoms with Gasteiger partial charge in [0.05, 0.1) is 0 Å². The molecule has 0 saturated carbocycles. The molecule has 1 rings (SSSR count). The Morgan fingerprint density at radius 2 is 1.70 bits per heavy atom. The number of hydrogen-bond donors (Lipinski definition) is 1. The van der Waals surface area contributed by atoms with Crippen molar-refractivity contribution < 1.29 is 47.0 Å². The molecule has 0 aromatic rings. The topological polar surface area (TPSA) is 29.1 Å². The molecule has 0 spiro atoms. The van der Waals surface area contributed by atoms with Crippen molar-refractivity contribution in [2.45, 2.75) is 73.4 Å². The fraction of sp³-hybridized carbons (Fsp3) is 0.706. The average molecular weight is 413 g/mol. The van der Waals surface area contributed by atoms with Gasteiger partial charge in [-0.15, -0.1) is 0 Å².